The summed E-state index contributed by atoms with van der Waals surface area (Å²) in [5.74, 6) is 3.00. The van der Waals surface area contributed by atoms with E-state index in [4.69, 9.17) is 9.40 Å². The van der Waals surface area contributed by atoms with E-state index in [9.17, 15) is 5.11 Å². The molecule has 1 fully saturated rings. The Morgan fingerprint density at radius 1 is 0.906 bits per heavy atom. The monoisotopic (exact) mass is 441 g/mol. The fraction of sp³-hybridized carbons (Fsp3) is 0.375. The molecule has 7 nitrogen and oxygen atoms in total. The van der Waals surface area contributed by atoms with Crippen molar-refractivity contribution in [3.63, 3.8) is 0 Å². The van der Waals surface area contributed by atoms with Gasteiger partial charge < -0.3 is 20.3 Å². The van der Waals surface area contributed by atoms with Crippen molar-refractivity contribution in [1.82, 2.24) is 19.9 Å². The van der Waals surface area contributed by atoms with Crippen LogP contribution in [0, 0.1) is 19.8 Å². The summed E-state index contributed by atoms with van der Waals surface area (Å²) in [6.07, 6.45) is 2.43. The second kappa shape index (κ2) is 10.1. The number of nitrogens with zero attached hydrogens (tertiary/aromatic N) is 5. The van der Waals surface area contributed by atoms with Gasteiger partial charge in [0.25, 0.3) is 0 Å². The Balaban J connectivity index is 0.000000536. The Morgan fingerprint density at radius 3 is 2.22 bits per heavy atom. The maximum absolute atomic E-state index is 10.6. The molecule has 32 heavy (non-hydrogen) atoms. The first-order valence-electron chi connectivity index (χ1n) is 10.6. The van der Waals surface area contributed by atoms with Gasteiger partial charge in [-0.05, 0) is 44.0 Å². The molecular weight excluding hydrogens is 413 g/mol. The normalized spacial score (nSPS) is 13.4. The third-order valence-electron chi connectivity index (χ3n) is 5.06. The summed E-state index contributed by atoms with van der Waals surface area (Å²) < 4.78 is 5.55. The van der Waals surface area contributed by atoms with Crippen molar-refractivity contribution >= 4 is 28.1 Å². The molecule has 1 saturated heterocycles. The van der Waals surface area contributed by atoms with Gasteiger partial charge in [-0.15, -0.1) is 0 Å². The molecule has 0 aromatic carbocycles. The number of pyridine rings is 3. The number of aromatic nitrogens is 4. The average Bonchev–Trinajstić information content (AvgIpc) is 3.39. The quantitative estimate of drug-likeness (QED) is 0.377. The van der Waals surface area contributed by atoms with Crippen molar-refractivity contribution in [2.45, 2.75) is 47.5 Å². The van der Waals surface area contributed by atoms with E-state index in [-0.39, 0.29) is 35.3 Å². The van der Waals surface area contributed by atoms with E-state index in [2.05, 4.69) is 40.6 Å². The van der Waals surface area contributed by atoms with Gasteiger partial charge in [0, 0.05) is 25.6 Å². The van der Waals surface area contributed by atoms with E-state index in [0.29, 0.717) is 34.1 Å². The van der Waals surface area contributed by atoms with E-state index in [0.717, 1.165) is 29.9 Å². The molecule has 0 amide bonds. The zero-order valence-corrected chi connectivity index (χ0v) is 21.7. The summed E-state index contributed by atoms with van der Waals surface area (Å²) in [5, 5.41) is 10.6. The second-order valence-corrected chi connectivity index (χ2v) is 8.42. The third kappa shape index (κ3) is 5.05. The molecule has 0 aliphatic carbocycles. The summed E-state index contributed by atoms with van der Waals surface area (Å²) in [5.41, 5.74) is 4.18. The van der Waals surface area contributed by atoms with Crippen LogP contribution in [0.1, 0.15) is 45.1 Å². The standard InChI is InChI=1S/C20H19N5O2.C4H9.Na/c1-11-17-20(27-12(2)21-17)24-18(19(11)26)15-6-5-14-13(22-15)7-8-16(23-14)25-9-3-4-10-25;1-4(2)3;/h5-8,26H,3-4,9-10H2,1-2H3;1-3H3;/q;-1;+1. The molecule has 0 unspecified atom stereocenters. The van der Waals surface area contributed by atoms with Gasteiger partial charge in [0.2, 0.25) is 5.71 Å². The Hall–Kier alpha value is -2.22. The van der Waals surface area contributed by atoms with Crippen LogP contribution in [0.5, 0.6) is 5.75 Å². The van der Waals surface area contributed by atoms with Crippen LogP contribution < -0.4 is 34.5 Å². The number of hydrogen-bond donors (Lipinski definition) is 1. The van der Waals surface area contributed by atoms with Crippen molar-refractivity contribution < 1.29 is 39.1 Å². The fourth-order valence-electron chi connectivity index (χ4n) is 3.61. The smallest absolute Gasteiger partial charge is 0.505 e. The number of anilines is 1. The van der Waals surface area contributed by atoms with Gasteiger partial charge in [0.15, 0.2) is 5.89 Å². The summed E-state index contributed by atoms with van der Waals surface area (Å²) in [6.45, 7) is 11.9. The van der Waals surface area contributed by atoms with Crippen LogP contribution in [-0.4, -0.2) is 38.1 Å². The predicted molar refractivity (Wildman–Crippen MR) is 123 cm³/mol. The topological polar surface area (TPSA) is 88.2 Å². The fourth-order valence-corrected chi connectivity index (χ4v) is 3.61. The van der Waals surface area contributed by atoms with Crippen molar-refractivity contribution in [2.24, 2.45) is 0 Å². The van der Waals surface area contributed by atoms with E-state index in [1.807, 2.05) is 24.3 Å². The molecule has 5 rings (SSSR count). The summed E-state index contributed by atoms with van der Waals surface area (Å²) >= 11 is 0. The maximum atomic E-state index is 10.6. The van der Waals surface area contributed by atoms with Gasteiger partial charge in [-0.2, -0.15) is 20.8 Å². The van der Waals surface area contributed by atoms with Crippen LogP contribution in [0.2, 0.25) is 0 Å². The average molecular weight is 442 g/mol. The molecule has 4 aromatic rings. The maximum Gasteiger partial charge on any atom is 1.00 e. The van der Waals surface area contributed by atoms with Crippen molar-refractivity contribution in [1.29, 1.82) is 0 Å². The molecule has 8 heteroatoms. The van der Waals surface area contributed by atoms with Crippen LogP contribution in [0.3, 0.4) is 0 Å². The molecule has 162 valence electrons. The van der Waals surface area contributed by atoms with Crippen LogP contribution in [0.15, 0.2) is 28.7 Å². The molecule has 0 spiro atoms. The minimum atomic E-state index is 0. The van der Waals surface area contributed by atoms with Gasteiger partial charge in [0.1, 0.15) is 22.8 Å². The summed E-state index contributed by atoms with van der Waals surface area (Å²) in [4.78, 5) is 20.4. The van der Waals surface area contributed by atoms with E-state index < -0.39 is 0 Å². The Morgan fingerprint density at radius 2 is 1.53 bits per heavy atom. The molecule has 1 N–H and O–H groups in total. The van der Waals surface area contributed by atoms with Gasteiger partial charge in [-0.25, -0.2) is 19.9 Å². The number of hydrogen-bond acceptors (Lipinski definition) is 7. The number of aromatic hydroxyl groups is 1. The van der Waals surface area contributed by atoms with Gasteiger partial charge in [-0.1, -0.05) is 0 Å². The van der Waals surface area contributed by atoms with Crippen molar-refractivity contribution in [3.8, 4) is 17.1 Å². The van der Waals surface area contributed by atoms with Crippen LogP contribution in [0.25, 0.3) is 33.7 Å². The van der Waals surface area contributed by atoms with Crippen molar-refractivity contribution in [2.75, 3.05) is 18.0 Å². The van der Waals surface area contributed by atoms with E-state index in [1.54, 1.807) is 13.8 Å². The number of oxazole rings is 1. The van der Waals surface area contributed by atoms with Crippen molar-refractivity contribution in [3.05, 3.63) is 41.6 Å². The minimum Gasteiger partial charge on any atom is -0.505 e. The zero-order chi connectivity index (χ0) is 22.1. The van der Waals surface area contributed by atoms with Gasteiger partial charge >= 0.3 is 29.6 Å². The number of rotatable bonds is 2. The van der Waals surface area contributed by atoms with Crippen LogP contribution in [0.4, 0.5) is 5.82 Å². The minimum absolute atomic E-state index is 0. The SMILES string of the molecule is C[C-](C)C.Cc1nc2c(C)c(O)c(-c3ccc4nc(N5CCCC5)ccc4n3)nc2o1.[Na+]. The summed E-state index contributed by atoms with van der Waals surface area (Å²) in [6, 6.07) is 7.73. The van der Waals surface area contributed by atoms with E-state index in [1.165, 1.54) is 18.8 Å². The summed E-state index contributed by atoms with van der Waals surface area (Å²) in [7, 11) is 0. The Bertz CT molecular complexity index is 1230. The molecule has 0 atom stereocenters. The zero-order valence-electron chi connectivity index (χ0n) is 19.7. The molecule has 1 aliphatic heterocycles. The third-order valence-corrected chi connectivity index (χ3v) is 5.06. The first kappa shape index (κ1) is 24.4. The molecule has 0 bridgehead atoms. The first-order chi connectivity index (χ1) is 14.8. The van der Waals surface area contributed by atoms with Crippen LogP contribution >= 0.6 is 0 Å². The van der Waals surface area contributed by atoms with Crippen LogP contribution in [-0.2, 0) is 0 Å². The largest absolute Gasteiger partial charge is 1.00 e. The number of aryl methyl sites for hydroxylation is 2. The Kier molecular flexibility index (Phi) is 7.75. The second-order valence-electron chi connectivity index (χ2n) is 8.42. The number of fused-ring (bicyclic) bond motifs is 2. The molecule has 0 saturated carbocycles. The molecular formula is C24H28N5NaO2. The molecule has 5 heterocycles. The molecule has 0 radical (unpaired) electrons. The van der Waals surface area contributed by atoms with Gasteiger partial charge in [-0.3, -0.25) is 0 Å². The molecule has 4 aromatic heterocycles. The predicted octanol–water partition coefficient (Wildman–Crippen LogP) is 2.38. The Labute approximate surface area is 210 Å². The van der Waals surface area contributed by atoms with E-state index >= 15 is 0 Å². The molecule has 1 aliphatic rings. The van der Waals surface area contributed by atoms with Gasteiger partial charge in [0.05, 0.1) is 16.7 Å². The first-order valence-corrected chi connectivity index (χ1v) is 10.6.